The topological polar surface area (TPSA) is 110 Å². The highest BCUT2D eigenvalue weighted by Crippen LogP contribution is 2.20. The summed E-state index contributed by atoms with van der Waals surface area (Å²) in [5, 5.41) is 18.7. The van der Waals surface area contributed by atoms with Gasteiger partial charge in [0.25, 0.3) is 0 Å². The van der Waals surface area contributed by atoms with Crippen molar-refractivity contribution in [3.8, 4) is 0 Å². The van der Waals surface area contributed by atoms with Crippen molar-refractivity contribution in [2.24, 2.45) is 5.92 Å². The van der Waals surface area contributed by atoms with Gasteiger partial charge in [0.1, 0.15) is 0 Å². The third-order valence-electron chi connectivity index (χ3n) is 5.08. The number of halogens is 1. The average Bonchev–Trinajstić information content (AvgIpc) is 2.73. The summed E-state index contributed by atoms with van der Waals surface area (Å²) in [5.41, 5.74) is 1.28. The maximum Gasteiger partial charge on any atom is 0.414 e. The molecule has 1 fully saturated rings. The summed E-state index contributed by atoms with van der Waals surface area (Å²) in [6.07, 6.45) is 1.90. The minimum absolute atomic E-state index is 0.170. The van der Waals surface area contributed by atoms with Gasteiger partial charge < -0.3 is 20.4 Å². The number of benzene rings is 1. The van der Waals surface area contributed by atoms with Crippen molar-refractivity contribution in [3.63, 3.8) is 0 Å². The second-order valence-electron chi connectivity index (χ2n) is 7.11. The van der Waals surface area contributed by atoms with Crippen LogP contribution in [0.25, 0.3) is 0 Å². The molecule has 1 aromatic rings. The van der Waals surface area contributed by atoms with Gasteiger partial charge >= 0.3 is 11.9 Å². The number of likely N-dealkylation sites (N-methyl/N-ethyl adjacent to an activating group) is 1. The number of rotatable bonds is 8. The van der Waals surface area contributed by atoms with E-state index >= 15 is 0 Å². The Morgan fingerprint density at radius 3 is 2.07 bits per heavy atom. The fourth-order valence-electron chi connectivity index (χ4n) is 3.22. The van der Waals surface area contributed by atoms with E-state index in [2.05, 4.69) is 41.1 Å². The first-order chi connectivity index (χ1) is 14.3. The summed E-state index contributed by atoms with van der Waals surface area (Å²) in [4.78, 5) is 35.2. The molecule has 1 heterocycles. The second-order valence-corrected chi connectivity index (χ2v) is 7.54. The van der Waals surface area contributed by atoms with E-state index in [1.54, 1.807) is 0 Å². The van der Waals surface area contributed by atoms with Gasteiger partial charge in [0.05, 0.1) is 0 Å². The Morgan fingerprint density at radius 2 is 1.60 bits per heavy atom. The van der Waals surface area contributed by atoms with E-state index < -0.39 is 11.9 Å². The Kier molecular flexibility index (Phi) is 12.0. The quantitative estimate of drug-likeness (QED) is 0.530. The molecule has 0 aliphatic carbocycles. The van der Waals surface area contributed by atoms with E-state index in [0.717, 1.165) is 63.7 Å². The summed E-state index contributed by atoms with van der Waals surface area (Å²) < 4.78 is 0. The molecule has 0 atom stereocenters. The van der Waals surface area contributed by atoms with Crippen LogP contribution in [0.15, 0.2) is 24.3 Å². The van der Waals surface area contributed by atoms with Gasteiger partial charge in [-0.2, -0.15) is 0 Å². The predicted molar refractivity (Wildman–Crippen MR) is 116 cm³/mol. The molecule has 0 aromatic heterocycles. The maximum atomic E-state index is 12.3. The van der Waals surface area contributed by atoms with Crippen LogP contribution in [0.5, 0.6) is 0 Å². The van der Waals surface area contributed by atoms with Crippen molar-refractivity contribution in [3.05, 3.63) is 34.9 Å². The molecule has 0 unspecified atom stereocenters. The summed E-state index contributed by atoms with van der Waals surface area (Å²) in [7, 11) is 0. The van der Waals surface area contributed by atoms with Crippen LogP contribution in [-0.2, 0) is 20.9 Å². The van der Waals surface area contributed by atoms with Gasteiger partial charge in [0.15, 0.2) is 0 Å². The number of carbonyl (C=O) groups is 3. The number of nitrogens with zero attached hydrogens (tertiary/aromatic N) is 2. The highest BCUT2D eigenvalue weighted by atomic mass is 35.5. The number of aliphatic carboxylic acids is 2. The number of hydrogen-bond donors (Lipinski definition) is 3. The van der Waals surface area contributed by atoms with Crippen molar-refractivity contribution >= 4 is 29.4 Å². The number of carbonyl (C=O) groups excluding carboxylic acids is 1. The van der Waals surface area contributed by atoms with E-state index in [1.807, 2.05) is 12.1 Å². The van der Waals surface area contributed by atoms with E-state index in [4.69, 9.17) is 31.4 Å². The summed E-state index contributed by atoms with van der Waals surface area (Å²) in [6, 6.07) is 8.03. The number of nitrogens with one attached hydrogen (secondary N) is 1. The molecule has 2 rings (SSSR count). The Bertz CT molecular complexity index is 660. The lowest BCUT2D eigenvalue weighted by Crippen LogP contribution is -2.42. The van der Waals surface area contributed by atoms with Gasteiger partial charge in [0, 0.05) is 30.6 Å². The van der Waals surface area contributed by atoms with Crippen molar-refractivity contribution in [1.82, 2.24) is 15.1 Å². The summed E-state index contributed by atoms with van der Waals surface area (Å²) >= 11 is 5.93. The Morgan fingerprint density at radius 1 is 1.07 bits per heavy atom. The third kappa shape index (κ3) is 10.0. The molecular formula is C21H32ClN3O5. The zero-order chi connectivity index (χ0) is 22.5. The van der Waals surface area contributed by atoms with Crippen LogP contribution in [0, 0.1) is 5.92 Å². The molecule has 168 valence electrons. The normalized spacial score (nSPS) is 14.7. The number of hydrogen-bond acceptors (Lipinski definition) is 5. The largest absolute Gasteiger partial charge is 0.473 e. The lowest BCUT2D eigenvalue weighted by molar-refractivity contribution is -0.159. The predicted octanol–water partition coefficient (Wildman–Crippen LogP) is 2.17. The minimum atomic E-state index is -1.82. The first-order valence-electron chi connectivity index (χ1n) is 10.2. The fraction of sp³-hybridized carbons (Fsp3) is 0.571. The van der Waals surface area contributed by atoms with Crippen LogP contribution in [0.4, 0.5) is 0 Å². The van der Waals surface area contributed by atoms with Gasteiger partial charge in [-0.1, -0.05) is 37.6 Å². The molecule has 1 aliphatic heterocycles. The van der Waals surface area contributed by atoms with Gasteiger partial charge in [-0.3, -0.25) is 9.69 Å². The third-order valence-corrected chi connectivity index (χ3v) is 5.33. The van der Waals surface area contributed by atoms with Crippen LogP contribution in [-0.4, -0.2) is 77.1 Å². The molecule has 1 amide bonds. The molecule has 1 saturated heterocycles. The van der Waals surface area contributed by atoms with Crippen LogP contribution in [0.3, 0.4) is 0 Å². The van der Waals surface area contributed by atoms with Crippen LogP contribution in [0.1, 0.15) is 32.3 Å². The van der Waals surface area contributed by atoms with Crippen molar-refractivity contribution in [1.29, 1.82) is 0 Å². The Balaban J connectivity index is 0.000000656. The molecule has 0 saturated carbocycles. The highest BCUT2D eigenvalue weighted by Gasteiger charge is 2.24. The molecule has 9 heteroatoms. The van der Waals surface area contributed by atoms with E-state index in [9.17, 15) is 4.79 Å². The zero-order valence-corrected chi connectivity index (χ0v) is 18.4. The summed E-state index contributed by atoms with van der Waals surface area (Å²) in [5.74, 6) is -3.25. The fourth-order valence-corrected chi connectivity index (χ4v) is 3.35. The standard InChI is InChI=1S/C19H30ClN3O.C2H2O4/c1-3-22(4-2)14-11-21-19(24)17-9-12-23(13-10-17)15-16-5-7-18(20)8-6-16;3-1(4)2(5)6/h5-8,17H,3-4,9-15H2,1-2H3,(H,21,24);(H,3,4)(H,5,6). The van der Waals surface area contributed by atoms with Crippen molar-refractivity contribution in [2.75, 3.05) is 39.3 Å². The lowest BCUT2D eigenvalue weighted by atomic mass is 9.95. The molecule has 1 aromatic carbocycles. The maximum absolute atomic E-state index is 12.3. The smallest absolute Gasteiger partial charge is 0.414 e. The molecule has 0 bridgehead atoms. The first-order valence-corrected chi connectivity index (χ1v) is 10.6. The molecule has 0 spiro atoms. The number of amides is 1. The monoisotopic (exact) mass is 441 g/mol. The van der Waals surface area contributed by atoms with Crippen LogP contribution >= 0.6 is 11.6 Å². The van der Waals surface area contributed by atoms with Crippen LogP contribution < -0.4 is 5.32 Å². The number of carboxylic acids is 2. The molecule has 0 radical (unpaired) electrons. The molecule has 1 aliphatic rings. The van der Waals surface area contributed by atoms with E-state index in [0.29, 0.717) is 0 Å². The van der Waals surface area contributed by atoms with Crippen molar-refractivity contribution < 1.29 is 24.6 Å². The SMILES string of the molecule is CCN(CC)CCNC(=O)C1CCN(Cc2ccc(Cl)cc2)CC1.O=C(O)C(=O)O. The Labute approximate surface area is 182 Å². The number of likely N-dealkylation sites (tertiary alicyclic amines) is 1. The van der Waals surface area contributed by atoms with Gasteiger partial charge in [-0.15, -0.1) is 0 Å². The van der Waals surface area contributed by atoms with Gasteiger partial charge in [-0.05, 0) is 56.7 Å². The van der Waals surface area contributed by atoms with Crippen LogP contribution in [0.2, 0.25) is 5.02 Å². The summed E-state index contributed by atoms with van der Waals surface area (Å²) in [6.45, 7) is 11.0. The lowest BCUT2D eigenvalue weighted by Gasteiger charge is -2.31. The minimum Gasteiger partial charge on any atom is -0.473 e. The van der Waals surface area contributed by atoms with Crippen molar-refractivity contribution in [2.45, 2.75) is 33.2 Å². The molecule has 8 nitrogen and oxygen atoms in total. The second kappa shape index (κ2) is 14.0. The molecule has 30 heavy (non-hydrogen) atoms. The molecule has 3 N–H and O–H groups in total. The first kappa shape index (κ1) is 25.9. The highest BCUT2D eigenvalue weighted by molar-refractivity contribution is 6.30. The Hall–Kier alpha value is -2.16. The number of piperidine rings is 1. The molecular weight excluding hydrogens is 410 g/mol. The van der Waals surface area contributed by atoms with Gasteiger partial charge in [-0.25, -0.2) is 9.59 Å². The zero-order valence-electron chi connectivity index (χ0n) is 17.6. The number of carboxylic acid groups (broad SMARTS) is 2. The average molecular weight is 442 g/mol. The van der Waals surface area contributed by atoms with E-state index in [-0.39, 0.29) is 11.8 Å². The van der Waals surface area contributed by atoms with Gasteiger partial charge in [0.2, 0.25) is 5.91 Å². The van der Waals surface area contributed by atoms with E-state index in [1.165, 1.54) is 5.56 Å².